The summed E-state index contributed by atoms with van der Waals surface area (Å²) in [5.74, 6) is 0. The molecule has 1 fully saturated rings. The summed E-state index contributed by atoms with van der Waals surface area (Å²) < 4.78 is 6.17. The lowest BCUT2D eigenvalue weighted by atomic mass is 10.2. The molecule has 0 radical (unpaired) electrons. The molecule has 0 amide bonds. The van der Waals surface area contributed by atoms with Gasteiger partial charge in [0.15, 0.2) is 0 Å². The number of ether oxygens (including phenoxy) is 1. The van der Waals surface area contributed by atoms with Gasteiger partial charge in [-0.25, -0.2) is 0 Å². The molecule has 1 saturated heterocycles. The highest BCUT2D eigenvalue weighted by atomic mass is 35.5. The molecule has 1 N–H and O–H groups in total. The van der Waals surface area contributed by atoms with Crippen molar-refractivity contribution in [3.05, 3.63) is 27.4 Å². The fourth-order valence-corrected chi connectivity index (χ4v) is 2.31. The van der Waals surface area contributed by atoms with Crippen molar-refractivity contribution in [1.82, 2.24) is 5.32 Å². The van der Waals surface area contributed by atoms with Crippen LogP contribution in [0.5, 0.6) is 0 Å². The minimum Gasteiger partial charge on any atom is -0.378 e. The van der Waals surface area contributed by atoms with Crippen molar-refractivity contribution in [3.8, 4) is 0 Å². The molecule has 1 aliphatic heterocycles. The van der Waals surface area contributed by atoms with E-state index in [1.54, 1.807) is 11.3 Å². The van der Waals surface area contributed by atoms with Crippen molar-refractivity contribution in [3.63, 3.8) is 0 Å². The maximum absolute atomic E-state index is 5.83. The average molecular weight is 230 g/mol. The van der Waals surface area contributed by atoms with Crippen LogP contribution in [0.3, 0.4) is 0 Å². The van der Waals surface area contributed by atoms with Gasteiger partial charge in [0.05, 0.1) is 17.6 Å². The molecule has 76 valence electrons. The van der Waals surface area contributed by atoms with Crippen LogP contribution in [-0.4, -0.2) is 25.8 Å². The molecule has 2 rings (SSSR count). The van der Waals surface area contributed by atoms with Crippen LogP contribution in [0.25, 0.3) is 6.08 Å². The van der Waals surface area contributed by atoms with Crippen LogP contribution in [0.15, 0.2) is 18.2 Å². The molecule has 1 aromatic rings. The molecule has 1 aliphatic rings. The van der Waals surface area contributed by atoms with E-state index in [0.29, 0.717) is 6.04 Å². The molecule has 0 bridgehead atoms. The number of morpholine rings is 1. The SMILES string of the molecule is Clc1ccc(/C=C/C2COCCN2)s1. The van der Waals surface area contributed by atoms with Crippen LogP contribution in [-0.2, 0) is 4.74 Å². The van der Waals surface area contributed by atoms with Gasteiger partial charge in [0.2, 0.25) is 0 Å². The normalized spacial score (nSPS) is 23.1. The van der Waals surface area contributed by atoms with Crippen LogP contribution in [0, 0.1) is 0 Å². The predicted octanol–water partition coefficient (Wildman–Crippen LogP) is 2.40. The zero-order valence-electron chi connectivity index (χ0n) is 7.70. The van der Waals surface area contributed by atoms with E-state index in [1.807, 2.05) is 12.1 Å². The summed E-state index contributed by atoms with van der Waals surface area (Å²) in [6, 6.07) is 4.27. The van der Waals surface area contributed by atoms with Gasteiger partial charge in [-0.1, -0.05) is 17.7 Å². The molecule has 1 atom stereocenters. The third kappa shape index (κ3) is 2.82. The summed E-state index contributed by atoms with van der Waals surface area (Å²) in [6.45, 7) is 2.50. The fraction of sp³-hybridized carbons (Fsp3) is 0.400. The van der Waals surface area contributed by atoms with E-state index in [4.69, 9.17) is 16.3 Å². The first-order chi connectivity index (χ1) is 6.84. The van der Waals surface area contributed by atoms with E-state index in [-0.39, 0.29) is 0 Å². The Labute approximate surface area is 92.5 Å². The Bertz CT molecular complexity index is 318. The Morgan fingerprint density at radius 3 is 3.14 bits per heavy atom. The lowest BCUT2D eigenvalue weighted by Gasteiger charge is -2.20. The average Bonchev–Trinajstić information content (AvgIpc) is 2.63. The Kier molecular flexibility index (Phi) is 3.59. The smallest absolute Gasteiger partial charge is 0.0934 e. The summed E-state index contributed by atoms with van der Waals surface area (Å²) in [7, 11) is 0. The van der Waals surface area contributed by atoms with Crippen LogP contribution < -0.4 is 5.32 Å². The summed E-state index contributed by atoms with van der Waals surface area (Å²) in [5, 5.41) is 3.36. The largest absolute Gasteiger partial charge is 0.378 e. The minimum absolute atomic E-state index is 0.338. The molecule has 0 spiro atoms. The Hall–Kier alpha value is -0.350. The summed E-state index contributed by atoms with van der Waals surface area (Å²) in [6.07, 6.45) is 4.21. The van der Waals surface area contributed by atoms with Crippen molar-refractivity contribution in [2.75, 3.05) is 19.8 Å². The van der Waals surface area contributed by atoms with E-state index in [9.17, 15) is 0 Å². The number of rotatable bonds is 2. The second-order valence-corrected chi connectivity index (χ2v) is 4.88. The molecular weight excluding hydrogens is 218 g/mol. The molecule has 14 heavy (non-hydrogen) atoms. The van der Waals surface area contributed by atoms with E-state index in [2.05, 4.69) is 17.5 Å². The monoisotopic (exact) mass is 229 g/mol. The van der Waals surface area contributed by atoms with E-state index in [0.717, 1.165) is 24.1 Å². The molecule has 1 unspecified atom stereocenters. The van der Waals surface area contributed by atoms with Crippen molar-refractivity contribution < 1.29 is 4.74 Å². The van der Waals surface area contributed by atoms with Crippen molar-refractivity contribution in [2.24, 2.45) is 0 Å². The van der Waals surface area contributed by atoms with Crippen LogP contribution in [0.2, 0.25) is 4.34 Å². The molecule has 0 aliphatic carbocycles. The number of hydrogen-bond donors (Lipinski definition) is 1. The van der Waals surface area contributed by atoms with Gasteiger partial charge < -0.3 is 10.1 Å². The van der Waals surface area contributed by atoms with E-state index >= 15 is 0 Å². The second kappa shape index (κ2) is 4.94. The number of halogens is 1. The second-order valence-electron chi connectivity index (χ2n) is 3.14. The van der Waals surface area contributed by atoms with Gasteiger partial charge >= 0.3 is 0 Å². The predicted molar refractivity (Wildman–Crippen MR) is 61.0 cm³/mol. The fourth-order valence-electron chi connectivity index (χ4n) is 1.34. The third-order valence-corrected chi connectivity index (χ3v) is 3.23. The highest BCUT2D eigenvalue weighted by molar-refractivity contribution is 7.16. The molecular formula is C10H12ClNOS. The Balaban J connectivity index is 1.92. The maximum Gasteiger partial charge on any atom is 0.0934 e. The van der Waals surface area contributed by atoms with Crippen LogP contribution in [0.4, 0.5) is 0 Å². The van der Waals surface area contributed by atoms with Gasteiger partial charge in [0, 0.05) is 17.5 Å². The number of thiophene rings is 1. The molecule has 2 nitrogen and oxygen atoms in total. The first-order valence-corrected chi connectivity index (χ1v) is 5.79. The highest BCUT2D eigenvalue weighted by Crippen LogP contribution is 2.22. The lowest BCUT2D eigenvalue weighted by molar-refractivity contribution is 0.0903. The van der Waals surface area contributed by atoms with Crippen molar-refractivity contribution in [1.29, 1.82) is 0 Å². The third-order valence-electron chi connectivity index (χ3n) is 2.04. The van der Waals surface area contributed by atoms with Crippen LogP contribution in [0.1, 0.15) is 4.88 Å². The molecule has 0 aromatic carbocycles. The van der Waals surface area contributed by atoms with Gasteiger partial charge in [-0.2, -0.15) is 0 Å². The molecule has 0 saturated carbocycles. The van der Waals surface area contributed by atoms with Crippen molar-refractivity contribution >= 4 is 29.0 Å². The first kappa shape index (κ1) is 10.2. The van der Waals surface area contributed by atoms with Crippen LogP contribution >= 0.6 is 22.9 Å². The molecule has 2 heterocycles. The topological polar surface area (TPSA) is 21.3 Å². The quantitative estimate of drug-likeness (QED) is 0.841. The zero-order valence-corrected chi connectivity index (χ0v) is 9.27. The van der Waals surface area contributed by atoms with Gasteiger partial charge in [0.25, 0.3) is 0 Å². The van der Waals surface area contributed by atoms with Gasteiger partial charge in [-0.05, 0) is 18.2 Å². The molecule has 1 aromatic heterocycles. The summed E-state index contributed by atoms with van der Waals surface area (Å²) in [5.41, 5.74) is 0. The highest BCUT2D eigenvalue weighted by Gasteiger charge is 2.08. The van der Waals surface area contributed by atoms with E-state index in [1.165, 1.54) is 4.88 Å². The summed E-state index contributed by atoms with van der Waals surface area (Å²) in [4.78, 5) is 1.18. The van der Waals surface area contributed by atoms with Gasteiger partial charge in [-0.15, -0.1) is 11.3 Å². The summed E-state index contributed by atoms with van der Waals surface area (Å²) >= 11 is 7.41. The molecule has 4 heteroatoms. The maximum atomic E-state index is 5.83. The van der Waals surface area contributed by atoms with Gasteiger partial charge in [0.1, 0.15) is 0 Å². The number of nitrogens with one attached hydrogen (secondary N) is 1. The standard InChI is InChI=1S/C10H12ClNOS/c11-10-4-3-9(14-10)2-1-8-7-13-6-5-12-8/h1-4,8,12H,5-7H2/b2-1+. The Morgan fingerprint density at radius 2 is 2.50 bits per heavy atom. The minimum atomic E-state index is 0.338. The first-order valence-electron chi connectivity index (χ1n) is 4.59. The lowest BCUT2D eigenvalue weighted by Crippen LogP contribution is -2.39. The van der Waals surface area contributed by atoms with Gasteiger partial charge in [-0.3, -0.25) is 0 Å². The zero-order chi connectivity index (χ0) is 9.80. The van der Waals surface area contributed by atoms with Crippen molar-refractivity contribution in [2.45, 2.75) is 6.04 Å². The van der Waals surface area contributed by atoms with E-state index < -0.39 is 0 Å². The Morgan fingerprint density at radius 1 is 1.57 bits per heavy atom. The number of hydrogen-bond acceptors (Lipinski definition) is 3.